The summed E-state index contributed by atoms with van der Waals surface area (Å²) in [6, 6.07) is -0.823. The van der Waals surface area contributed by atoms with E-state index in [2.05, 4.69) is 0 Å². The quantitative estimate of drug-likeness (QED) is 0.763. The van der Waals surface area contributed by atoms with Crippen LogP contribution in [0.15, 0.2) is 0 Å². The van der Waals surface area contributed by atoms with Gasteiger partial charge in [0.25, 0.3) is 0 Å². The summed E-state index contributed by atoms with van der Waals surface area (Å²) in [6.07, 6.45) is -4.61. The van der Waals surface area contributed by atoms with Crippen molar-refractivity contribution in [3.8, 4) is 0 Å². The molecular weight excluding hydrogens is 215 g/mol. The molecule has 1 fully saturated rings. The number of nitrogens with zero attached hydrogens (tertiary/aromatic N) is 1. The van der Waals surface area contributed by atoms with Gasteiger partial charge in [0.1, 0.15) is 0 Å². The van der Waals surface area contributed by atoms with E-state index in [1.807, 2.05) is 0 Å². The van der Waals surface area contributed by atoms with E-state index in [0.29, 0.717) is 17.7 Å². The first kappa shape index (κ1) is 11.8. The van der Waals surface area contributed by atoms with Crippen LogP contribution in [-0.2, 0) is 9.59 Å². The van der Waals surface area contributed by atoms with Gasteiger partial charge in [-0.1, -0.05) is 0 Å². The standard InChI is InChI=1S/C8H10F3NO3/c9-8(10,11)7(15)12-3-1-2-5(12)4-6(13)14/h5H,1-4H2,(H,13,14)/t5-/m1/s1. The molecule has 0 bridgehead atoms. The number of carbonyl (C=O) groups is 2. The lowest BCUT2D eigenvalue weighted by Crippen LogP contribution is -2.44. The Hall–Kier alpha value is -1.27. The molecule has 86 valence electrons. The number of likely N-dealkylation sites (tertiary alicyclic amines) is 1. The maximum Gasteiger partial charge on any atom is 0.471 e. The molecule has 0 aromatic rings. The van der Waals surface area contributed by atoms with Gasteiger partial charge in [-0.05, 0) is 12.8 Å². The molecule has 7 heteroatoms. The fourth-order valence-corrected chi connectivity index (χ4v) is 1.68. The Morgan fingerprint density at radius 3 is 2.47 bits per heavy atom. The van der Waals surface area contributed by atoms with Crippen molar-refractivity contribution in [1.29, 1.82) is 0 Å². The number of carboxylic acid groups (broad SMARTS) is 1. The lowest BCUT2D eigenvalue weighted by molar-refractivity contribution is -0.186. The highest BCUT2D eigenvalue weighted by molar-refractivity contribution is 5.83. The summed E-state index contributed by atoms with van der Waals surface area (Å²) in [5.74, 6) is -3.13. The van der Waals surface area contributed by atoms with Gasteiger partial charge in [-0.15, -0.1) is 0 Å². The topological polar surface area (TPSA) is 57.6 Å². The van der Waals surface area contributed by atoms with E-state index in [9.17, 15) is 22.8 Å². The Morgan fingerprint density at radius 1 is 1.40 bits per heavy atom. The molecule has 0 unspecified atom stereocenters. The molecule has 0 saturated carbocycles. The van der Waals surface area contributed by atoms with Crippen LogP contribution in [0.5, 0.6) is 0 Å². The zero-order valence-electron chi connectivity index (χ0n) is 7.75. The van der Waals surface area contributed by atoms with Gasteiger partial charge in [-0.3, -0.25) is 9.59 Å². The average molecular weight is 225 g/mol. The van der Waals surface area contributed by atoms with Crippen molar-refractivity contribution in [1.82, 2.24) is 4.90 Å². The predicted octanol–water partition coefficient (Wildman–Crippen LogP) is 1.01. The highest BCUT2D eigenvalue weighted by Crippen LogP contribution is 2.26. The minimum Gasteiger partial charge on any atom is -0.481 e. The minimum absolute atomic E-state index is 0.0176. The molecule has 0 aromatic carbocycles. The Bertz CT molecular complexity index is 277. The molecule has 1 amide bonds. The van der Waals surface area contributed by atoms with E-state index in [4.69, 9.17) is 5.11 Å². The number of alkyl halides is 3. The maximum absolute atomic E-state index is 12.1. The highest BCUT2D eigenvalue weighted by atomic mass is 19.4. The average Bonchev–Trinajstić information content (AvgIpc) is 2.48. The lowest BCUT2D eigenvalue weighted by atomic mass is 10.1. The van der Waals surface area contributed by atoms with E-state index in [0.717, 1.165) is 0 Å². The number of halogens is 3. The monoisotopic (exact) mass is 225 g/mol. The van der Waals surface area contributed by atoms with Crippen LogP contribution < -0.4 is 0 Å². The van der Waals surface area contributed by atoms with Crippen LogP contribution in [0.2, 0.25) is 0 Å². The van der Waals surface area contributed by atoms with E-state index >= 15 is 0 Å². The minimum atomic E-state index is -4.92. The second-order valence-corrected chi connectivity index (χ2v) is 3.39. The summed E-state index contributed by atoms with van der Waals surface area (Å²) in [7, 11) is 0. The number of aliphatic carboxylic acids is 1. The SMILES string of the molecule is O=C(O)C[C@H]1CCCN1C(=O)C(F)(F)F. The third-order valence-corrected chi connectivity index (χ3v) is 2.29. The molecular formula is C8H10F3NO3. The van der Waals surface area contributed by atoms with Gasteiger partial charge in [-0.2, -0.15) is 13.2 Å². The van der Waals surface area contributed by atoms with Crippen molar-refractivity contribution < 1.29 is 27.9 Å². The fourth-order valence-electron chi connectivity index (χ4n) is 1.68. The first-order chi connectivity index (χ1) is 6.82. The van der Waals surface area contributed by atoms with Crippen LogP contribution in [0, 0.1) is 0 Å². The molecule has 1 saturated heterocycles. The number of rotatable bonds is 2. The molecule has 1 aliphatic heterocycles. The van der Waals surface area contributed by atoms with Crippen LogP contribution in [-0.4, -0.2) is 40.6 Å². The van der Waals surface area contributed by atoms with Gasteiger partial charge in [0.15, 0.2) is 0 Å². The van der Waals surface area contributed by atoms with Crippen LogP contribution in [0.1, 0.15) is 19.3 Å². The molecule has 1 heterocycles. The molecule has 0 aliphatic carbocycles. The van der Waals surface area contributed by atoms with E-state index in [1.54, 1.807) is 0 Å². The third kappa shape index (κ3) is 2.84. The van der Waals surface area contributed by atoms with Crippen molar-refractivity contribution in [2.75, 3.05) is 6.54 Å². The van der Waals surface area contributed by atoms with Crippen molar-refractivity contribution in [2.24, 2.45) is 0 Å². The van der Waals surface area contributed by atoms with Gasteiger partial charge in [-0.25, -0.2) is 0 Å². The van der Waals surface area contributed by atoms with Crippen molar-refractivity contribution in [2.45, 2.75) is 31.5 Å². The number of amides is 1. The van der Waals surface area contributed by atoms with Gasteiger partial charge < -0.3 is 10.0 Å². The fraction of sp³-hybridized carbons (Fsp3) is 0.750. The molecule has 15 heavy (non-hydrogen) atoms. The van der Waals surface area contributed by atoms with E-state index in [-0.39, 0.29) is 6.54 Å². The van der Waals surface area contributed by atoms with Crippen molar-refractivity contribution in [3.05, 3.63) is 0 Å². The zero-order chi connectivity index (χ0) is 11.6. The largest absolute Gasteiger partial charge is 0.481 e. The van der Waals surface area contributed by atoms with E-state index < -0.39 is 30.5 Å². The summed E-state index contributed by atoms with van der Waals surface area (Å²) < 4.78 is 36.2. The zero-order valence-corrected chi connectivity index (χ0v) is 7.75. The number of carbonyl (C=O) groups excluding carboxylic acids is 1. The molecule has 1 N–H and O–H groups in total. The Balaban J connectivity index is 2.68. The third-order valence-electron chi connectivity index (χ3n) is 2.29. The lowest BCUT2D eigenvalue weighted by Gasteiger charge is -2.24. The van der Waals surface area contributed by atoms with E-state index in [1.165, 1.54) is 0 Å². The first-order valence-corrected chi connectivity index (χ1v) is 4.42. The summed E-state index contributed by atoms with van der Waals surface area (Å²) in [4.78, 5) is 21.8. The Kier molecular flexibility index (Phi) is 3.21. The molecule has 0 aromatic heterocycles. The normalized spacial score (nSPS) is 21.8. The van der Waals surface area contributed by atoms with Crippen LogP contribution in [0.25, 0.3) is 0 Å². The summed E-state index contributed by atoms with van der Waals surface area (Å²) in [5.41, 5.74) is 0. The molecule has 1 rings (SSSR count). The van der Waals surface area contributed by atoms with Crippen LogP contribution >= 0.6 is 0 Å². The van der Waals surface area contributed by atoms with Crippen molar-refractivity contribution in [3.63, 3.8) is 0 Å². The predicted molar refractivity (Wildman–Crippen MR) is 43.0 cm³/mol. The molecule has 0 spiro atoms. The second kappa shape index (κ2) is 4.08. The number of carboxylic acids is 1. The van der Waals surface area contributed by atoms with Gasteiger partial charge in [0, 0.05) is 12.6 Å². The first-order valence-electron chi connectivity index (χ1n) is 4.42. The number of hydrogen-bond acceptors (Lipinski definition) is 2. The molecule has 1 aliphatic rings. The summed E-state index contributed by atoms with van der Waals surface area (Å²) in [6.45, 7) is -0.0176. The second-order valence-electron chi connectivity index (χ2n) is 3.39. The van der Waals surface area contributed by atoms with Crippen LogP contribution in [0.3, 0.4) is 0 Å². The molecule has 4 nitrogen and oxygen atoms in total. The maximum atomic E-state index is 12.1. The van der Waals surface area contributed by atoms with Gasteiger partial charge in [0.05, 0.1) is 6.42 Å². The summed E-state index contributed by atoms with van der Waals surface area (Å²) in [5, 5.41) is 8.46. The molecule has 1 atom stereocenters. The summed E-state index contributed by atoms with van der Waals surface area (Å²) >= 11 is 0. The molecule has 0 radical (unpaired) electrons. The number of hydrogen-bond donors (Lipinski definition) is 1. The Morgan fingerprint density at radius 2 is 2.00 bits per heavy atom. The van der Waals surface area contributed by atoms with Gasteiger partial charge >= 0.3 is 18.1 Å². The Labute approximate surface area is 83.7 Å². The smallest absolute Gasteiger partial charge is 0.471 e. The van der Waals surface area contributed by atoms with Crippen LogP contribution in [0.4, 0.5) is 13.2 Å². The highest BCUT2D eigenvalue weighted by Gasteiger charge is 2.46. The van der Waals surface area contributed by atoms with Gasteiger partial charge in [0.2, 0.25) is 0 Å². The van der Waals surface area contributed by atoms with Crippen molar-refractivity contribution >= 4 is 11.9 Å².